The molecule has 3 rings (SSSR count). The molecular formula is C17H31N3O. The Morgan fingerprint density at radius 3 is 2.86 bits per heavy atom. The molecule has 2 heterocycles. The Balaban J connectivity index is 1.52. The lowest BCUT2D eigenvalue weighted by Gasteiger charge is -2.31. The monoisotopic (exact) mass is 293 g/mol. The molecule has 2 saturated heterocycles. The second kappa shape index (κ2) is 6.66. The normalized spacial score (nSPS) is 40.2. The van der Waals surface area contributed by atoms with Crippen LogP contribution in [0.5, 0.6) is 0 Å². The van der Waals surface area contributed by atoms with Crippen LogP contribution >= 0.6 is 0 Å². The van der Waals surface area contributed by atoms with Crippen molar-refractivity contribution in [2.75, 3.05) is 26.2 Å². The van der Waals surface area contributed by atoms with Gasteiger partial charge in [-0.3, -0.25) is 9.69 Å². The van der Waals surface area contributed by atoms with Crippen molar-refractivity contribution in [3.63, 3.8) is 0 Å². The second-order valence-corrected chi connectivity index (χ2v) is 7.42. The van der Waals surface area contributed by atoms with Crippen molar-refractivity contribution in [2.45, 2.75) is 58.0 Å². The molecule has 5 atom stereocenters. The van der Waals surface area contributed by atoms with Gasteiger partial charge in [0, 0.05) is 18.6 Å². The van der Waals surface area contributed by atoms with Crippen molar-refractivity contribution in [1.29, 1.82) is 0 Å². The highest BCUT2D eigenvalue weighted by molar-refractivity contribution is 5.78. The van der Waals surface area contributed by atoms with Crippen LogP contribution in [0.2, 0.25) is 0 Å². The summed E-state index contributed by atoms with van der Waals surface area (Å²) in [5.74, 6) is 2.42. The maximum atomic E-state index is 12.4. The first-order chi connectivity index (χ1) is 10.2. The van der Waals surface area contributed by atoms with Crippen LogP contribution in [-0.2, 0) is 4.79 Å². The summed E-state index contributed by atoms with van der Waals surface area (Å²) in [5, 5.41) is 6.82. The molecule has 0 spiro atoms. The van der Waals surface area contributed by atoms with Gasteiger partial charge in [-0.05, 0) is 50.1 Å². The Morgan fingerprint density at radius 1 is 1.29 bits per heavy atom. The predicted octanol–water partition coefficient (Wildman–Crippen LogP) is 1.61. The van der Waals surface area contributed by atoms with E-state index in [1.54, 1.807) is 0 Å². The molecule has 0 aromatic heterocycles. The van der Waals surface area contributed by atoms with E-state index in [1.165, 1.54) is 25.7 Å². The largest absolute Gasteiger partial charge is 0.352 e. The summed E-state index contributed by atoms with van der Waals surface area (Å²) in [6.07, 6.45) is 6.19. The average Bonchev–Trinajstić information content (AvgIpc) is 3.01. The zero-order valence-corrected chi connectivity index (χ0v) is 13.6. The van der Waals surface area contributed by atoms with Gasteiger partial charge in [0.15, 0.2) is 0 Å². The molecule has 3 aliphatic rings. The Kier molecular flexibility index (Phi) is 4.85. The van der Waals surface area contributed by atoms with Crippen molar-refractivity contribution >= 4 is 5.91 Å². The van der Waals surface area contributed by atoms with Crippen LogP contribution in [-0.4, -0.2) is 49.1 Å². The predicted molar refractivity (Wildman–Crippen MR) is 85.1 cm³/mol. The number of amides is 1. The molecule has 1 saturated carbocycles. The van der Waals surface area contributed by atoms with Crippen LogP contribution in [0.25, 0.3) is 0 Å². The average molecular weight is 293 g/mol. The lowest BCUT2D eigenvalue weighted by atomic mass is 9.86. The molecule has 0 radical (unpaired) electrons. The lowest BCUT2D eigenvalue weighted by Crippen LogP contribution is -2.47. The van der Waals surface area contributed by atoms with Crippen molar-refractivity contribution in [1.82, 2.24) is 15.5 Å². The third-order valence-corrected chi connectivity index (χ3v) is 6.05. The molecule has 5 unspecified atom stereocenters. The van der Waals surface area contributed by atoms with E-state index in [-0.39, 0.29) is 5.91 Å². The van der Waals surface area contributed by atoms with E-state index in [0.29, 0.717) is 24.5 Å². The number of hydrogen-bond acceptors (Lipinski definition) is 3. The first-order valence-electron chi connectivity index (χ1n) is 8.93. The Morgan fingerprint density at radius 2 is 2.10 bits per heavy atom. The molecule has 4 heteroatoms. The minimum Gasteiger partial charge on any atom is -0.352 e. The van der Waals surface area contributed by atoms with E-state index in [2.05, 4.69) is 29.4 Å². The summed E-state index contributed by atoms with van der Waals surface area (Å²) in [7, 11) is 0. The summed E-state index contributed by atoms with van der Waals surface area (Å²) < 4.78 is 0. The zero-order valence-electron chi connectivity index (χ0n) is 13.6. The maximum absolute atomic E-state index is 12.4. The number of hydrogen-bond donors (Lipinski definition) is 2. The summed E-state index contributed by atoms with van der Waals surface area (Å²) in [4.78, 5) is 14.9. The lowest BCUT2D eigenvalue weighted by molar-refractivity contribution is -0.123. The standard InChI is InChI=1S/C17H31N3O/c1-3-16-14-9-18-8-13(14)10-20(16)11-17(21)19-15-7-5-4-6-12(15)2/h12-16,18H,3-11H2,1-2H3,(H,19,21). The van der Waals surface area contributed by atoms with Crippen LogP contribution in [0, 0.1) is 17.8 Å². The minimum absolute atomic E-state index is 0.250. The Hall–Kier alpha value is -0.610. The highest BCUT2D eigenvalue weighted by Crippen LogP contribution is 2.34. The number of carbonyl (C=O) groups excluding carboxylic acids is 1. The second-order valence-electron chi connectivity index (χ2n) is 7.42. The van der Waals surface area contributed by atoms with Crippen LogP contribution in [0.3, 0.4) is 0 Å². The Labute approximate surface area is 129 Å². The van der Waals surface area contributed by atoms with Gasteiger partial charge < -0.3 is 10.6 Å². The highest BCUT2D eigenvalue weighted by atomic mass is 16.2. The minimum atomic E-state index is 0.250. The molecule has 120 valence electrons. The summed E-state index contributed by atoms with van der Waals surface area (Å²) in [5.41, 5.74) is 0. The van der Waals surface area contributed by atoms with Crippen molar-refractivity contribution < 1.29 is 4.79 Å². The Bertz CT molecular complexity index is 373. The van der Waals surface area contributed by atoms with Crippen molar-refractivity contribution in [3.05, 3.63) is 0 Å². The van der Waals surface area contributed by atoms with E-state index in [4.69, 9.17) is 0 Å². The van der Waals surface area contributed by atoms with Crippen LogP contribution < -0.4 is 10.6 Å². The quantitative estimate of drug-likeness (QED) is 0.828. The molecule has 0 bridgehead atoms. The third-order valence-electron chi connectivity index (χ3n) is 6.05. The number of likely N-dealkylation sites (tertiary alicyclic amines) is 1. The van der Waals surface area contributed by atoms with Gasteiger partial charge in [0.25, 0.3) is 0 Å². The first kappa shape index (κ1) is 15.3. The fourth-order valence-electron chi connectivity index (χ4n) is 4.82. The first-order valence-corrected chi connectivity index (χ1v) is 8.93. The fraction of sp³-hybridized carbons (Fsp3) is 0.941. The van der Waals surface area contributed by atoms with Gasteiger partial charge in [-0.1, -0.05) is 26.7 Å². The zero-order chi connectivity index (χ0) is 14.8. The molecule has 1 aliphatic carbocycles. The molecule has 0 aromatic rings. The van der Waals surface area contributed by atoms with Crippen LogP contribution in [0.4, 0.5) is 0 Å². The number of nitrogens with zero attached hydrogens (tertiary/aromatic N) is 1. The molecule has 1 amide bonds. The van der Waals surface area contributed by atoms with Gasteiger partial charge in [0.2, 0.25) is 5.91 Å². The number of carbonyl (C=O) groups is 1. The van der Waals surface area contributed by atoms with Crippen molar-refractivity contribution in [2.24, 2.45) is 17.8 Å². The van der Waals surface area contributed by atoms with Gasteiger partial charge in [-0.2, -0.15) is 0 Å². The molecule has 21 heavy (non-hydrogen) atoms. The number of nitrogens with one attached hydrogen (secondary N) is 2. The molecule has 3 fully saturated rings. The van der Waals surface area contributed by atoms with E-state index >= 15 is 0 Å². The molecule has 2 N–H and O–H groups in total. The topological polar surface area (TPSA) is 44.4 Å². The number of rotatable bonds is 4. The maximum Gasteiger partial charge on any atom is 0.234 e. The van der Waals surface area contributed by atoms with Crippen molar-refractivity contribution in [3.8, 4) is 0 Å². The number of fused-ring (bicyclic) bond motifs is 1. The van der Waals surface area contributed by atoms with Gasteiger partial charge >= 0.3 is 0 Å². The van der Waals surface area contributed by atoms with Gasteiger partial charge in [0.05, 0.1) is 6.54 Å². The van der Waals surface area contributed by atoms with Gasteiger partial charge in [-0.25, -0.2) is 0 Å². The molecular weight excluding hydrogens is 262 g/mol. The summed E-state index contributed by atoms with van der Waals surface area (Å²) >= 11 is 0. The van der Waals surface area contributed by atoms with E-state index < -0.39 is 0 Å². The third kappa shape index (κ3) is 3.26. The van der Waals surface area contributed by atoms with Crippen LogP contribution in [0.15, 0.2) is 0 Å². The SMILES string of the molecule is CCC1C2CNCC2CN1CC(=O)NC1CCCCC1C. The van der Waals surface area contributed by atoms with Crippen LogP contribution in [0.1, 0.15) is 46.0 Å². The summed E-state index contributed by atoms with van der Waals surface area (Å²) in [6, 6.07) is 1.01. The summed E-state index contributed by atoms with van der Waals surface area (Å²) in [6.45, 7) is 8.53. The van der Waals surface area contributed by atoms with Gasteiger partial charge in [0.1, 0.15) is 0 Å². The molecule has 4 nitrogen and oxygen atoms in total. The van der Waals surface area contributed by atoms with E-state index in [9.17, 15) is 4.79 Å². The van der Waals surface area contributed by atoms with Gasteiger partial charge in [-0.15, -0.1) is 0 Å². The van der Waals surface area contributed by atoms with E-state index in [1.807, 2.05) is 0 Å². The molecule has 2 aliphatic heterocycles. The van der Waals surface area contributed by atoms with E-state index in [0.717, 1.165) is 37.9 Å². The highest BCUT2D eigenvalue weighted by Gasteiger charge is 2.43. The fourth-order valence-corrected chi connectivity index (χ4v) is 4.82. The molecule has 0 aromatic carbocycles. The smallest absolute Gasteiger partial charge is 0.234 e.